The first-order valence-electron chi connectivity index (χ1n) is 4.87. The molecule has 0 atom stereocenters. The zero-order chi connectivity index (χ0) is 11.5. The van der Waals surface area contributed by atoms with Crippen molar-refractivity contribution < 1.29 is 9.60 Å². The van der Waals surface area contributed by atoms with Crippen LogP contribution in [0.15, 0.2) is 29.4 Å². The highest BCUT2D eigenvalue weighted by molar-refractivity contribution is 6.03. The molecule has 2 nitrogen and oxygen atoms in total. The molecule has 0 radical (unpaired) electrons. The van der Waals surface area contributed by atoms with E-state index in [0.29, 0.717) is 11.3 Å². The fraction of sp³-hybridized carbons (Fsp3) is 0.417. The zero-order valence-corrected chi connectivity index (χ0v) is 9.29. The largest absolute Gasteiger partial charge is 0.411 e. The summed E-state index contributed by atoms with van der Waals surface area (Å²) in [4.78, 5) is 0. The van der Waals surface area contributed by atoms with Crippen molar-refractivity contribution in [2.45, 2.75) is 27.4 Å². The maximum Gasteiger partial charge on any atom is 0.115 e. The van der Waals surface area contributed by atoms with Gasteiger partial charge in [0.05, 0.1) is 5.71 Å². The van der Waals surface area contributed by atoms with Crippen LogP contribution < -0.4 is 0 Å². The van der Waals surface area contributed by atoms with Gasteiger partial charge >= 0.3 is 0 Å². The molecule has 0 aliphatic rings. The van der Waals surface area contributed by atoms with Gasteiger partial charge in [-0.15, -0.1) is 0 Å². The van der Waals surface area contributed by atoms with Gasteiger partial charge in [0.25, 0.3) is 0 Å². The SMILES string of the molecule is CC(C)(C)C(=NO)c1cccc(CF)c1. The molecule has 1 N–H and O–H groups in total. The second-order valence-corrected chi connectivity index (χ2v) is 4.53. The average molecular weight is 209 g/mol. The van der Waals surface area contributed by atoms with Gasteiger partial charge < -0.3 is 5.21 Å². The smallest absolute Gasteiger partial charge is 0.115 e. The van der Waals surface area contributed by atoms with Gasteiger partial charge in [-0.3, -0.25) is 0 Å². The summed E-state index contributed by atoms with van der Waals surface area (Å²) in [5, 5.41) is 12.3. The molecule has 1 aromatic rings. The number of alkyl halides is 1. The van der Waals surface area contributed by atoms with Crippen LogP contribution in [-0.2, 0) is 6.67 Å². The normalized spacial score (nSPS) is 12.9. The zero-order valence-electron chi connectivity index (χ0n) is 9.29. The monoisotopic (exact) mass is 209 g/mol. The minimum Gasteiger partial charge on any atom is -0.411 e. The Bertz CT molecular complexity index is 366. The maximum absolute atomic E-state index is 12.5. The Hall–Kier alpha value is -1.38. The Morgan fingerprint density at radius 3 is 2.53 bits per heavy atom. The molecular weight excluding hydrogens is 193 g/mol. The van der Waals surface area contributed by atoms with Crippen molar-refractivity contribution >= 4 is 5.71 Å². The number of oxime groups is 1. The van der Waals surface area contributed by atoms with E-state index in [1.165, 1.54) is 0 Å². The summed E-state index contributed by atoms with van der Waals surface area (Å²) in [6, 6.07) is 7.00. The van der Waals surface area contributed by atoms with E-state index in [-0.39, 0.29) is 5.41 Å². The van der Waals surface area contributed by atoms with Crippen molar-refractivity contribution in [3.8, 4) is 0 Å². The first-order valence-corrected chi connectivity index (χ1v) is 4.87. The summed E-state index contributed by atoms with van der Waals surface area (Å²) in [6.45, 7) is 5.34. The highest BCUT2D eigenvalue weighted by Gasteiger charge is 2.21. The minimum absolute atomic E-state index is 0.260. The van der Waals surface area contributed by atoms with E-state index in [1.807, 2.05) is 26.8 Å². The van der Waals surface area contributed by atoms with E-state index in [0.717, 1.165) is 5.56 Å². The predicted octanol–water partition coefficient (Wildman–Crippen LogP) is 3.38. The molecule has 1 aromatic carbocycles. The molecule has 0 heterocycles. The van der Waals surface area contributed by atoms with Gasteiger partial charge in [-0.1, -0.05) is 44.1 Å². The molecule has 0 amide bonds. The third-order valence-electron chi connectivity index (χ3n) is 2.17. The van der Waals surface area contributed by atoms with Gasteiger partial charge in [-0.05, 0) is 11.6 Å². The van der Waals surface area contributed by atoms with E-state index in [4.69, 9.17) is 5.21 Å². The van der Waals surface area contributed by atoms with Crippen molar-refractivity contribution in [3.05, 3.63) is 35.4 Å². The number of benzene rings is 1. The third kappa shape index (κ3) is 2.78. The van der Waals surface area contributed by atoms with Crippen molar-refractivity contribution in [2.24, 2.45) is 10.6 Å². The minimum atomic E-state index is -0.503. The maximum atomic E-state index is 12.5. The van der Waals surface area contributed by atoms with E-state index in [1.54, 1.807) is 18.2 Å². The van der Waals surface area contributed by atoms with Crippen LogP contribution in [0.3, 0.4) is 0 Å². The Morgan fingerprint density at radius 1 is 1.40 bits per heavy atom. The van der Waals surface area contributed by atoms with Gasteiger partial charge in [-0.25, -0.2) is 4.39 Å². The fourth-order valence-corrected chi connectivity index (χ4v) is 1.44. The molecule has 0 aliphatic heterocycles. The number of halogens is 1. The molecule has 0 saturated heterocycles. The standard InChI is InChI=1S/C12H16FNO/c1-12(2,3)11(14-15)10-6-4-5-9(7-10)8-13/h4-7,15H,8H2,1-3H3. The molecule has 82 valence electrons. The highest BCUT2D eigenvalue weighted by Crippen LogP contribution is 2.22. The lowest BCUT2D eigenvalue weighted by atomic mass is 9.85. The molecule has 0 aromatic heterocycles. The predicted molar refractivity (Wildman–Crippen MR) is 59.0 cm³/mol. The molecule has 0 aliphatic carbocycles. The van der Waals surface area contributed by atoms with Crippen LogP contribution in [-0.4, -0.2) is 10.9 Å². The van der Waals surface area contributed by atoms with Gasteiger partial charge in [0, 0.05) is 11.0 Å². The van der Waals surface area contributed by atoms with Gasteiger partial charge in [-0.2, -0.15) is 0 Å². The molecule has 0 unspecified atom stereocenters. The van der Waals surface area contributed by atoms with Crippen LogP contribution in [0.5, 0.6) is 0 Å². The molecule has 1 rings (SSSR count). The molecule has 15 heavy (non-hydrogen) atoms. The first-order chi connectivity index (χ1) is 6.99. The highest BCUT2D eigenvalue weighted by atomic mass is 19.1. The van der Waals surface area contributed by atoms with Crippen molar-refractivity contribution in [3.63, 3.8) is 0 Å². The lowest BCUT2D eigenvalue weighted by molar-refractivity contribution is 0.311. The lowest BCUT2D eigenvalue weighted by Gasteiger charge is -2.20. The van der Waals surface area contributed by atoms with Crippen LogP contribution in [0.1, 0.15) is 31.9 Å². The van der Waals surface area contributed by atoms with Crippen molar-refractivity contribution in [1.29, 1.82) is 0 Å². The quantitative estimate of drug-likeness (QED) is 0.452. The Balaban J connectivity index is 3.14. The summed E-state index contributed by atoms with van der Waals surface area (Å²) in [6.07, 6.45) is 0. The van der Waals surface area contributed by atoms with E-state index < -0.39 is 6.67 Å². The van der Waals surface area contributed by atoms with Gasteiger partial charge in [0.1, 0.15) is 6.67 Å². The Kier molecular flexibility index (Phi) is 3.45. The third-order valence-corrected chi connectivity index (χ3v) is 2.17. The molecule has 0 saturated carbocycles. The second kappa shape index (κ2) is 4.43. The molecule has 0 spiro atoms. The Labute approximate surface area is 89.4 Å². The summed E-state index contributed by atoms with van der Waals surface area (Å²) in [7, 11) is 0. The van der Waals surface area contributed by atoms with Crippen LogP contribution >= 0.6 is 0 Å². The van der Waals surface area contributed by atoms with Gasteiger partial charge in [0.15, 0.2) is 0 Å². The number of hydrogen-bond donors (Lipinski definition) is 1. The number of nitrogens with zero attached hydrogens (tertiary/aromatic N) is 1. The van der Waals surface area contributed by atoms with Crippen molar-refractivity contribution in [2.75, 3.05) is 0 Å². The fourth-order valence-electron chi connectivity index (χ4n) is 1.44. The summed E-state index contributed by atoms with van der Waals surface area (Å²) >= 11 is 0. The molecule has 3 heteroatoms. The molecule has 0 fully saturated rings. The molecule has 0 bridgehead atoms. The van der Waals surface area contributed by atoms with E-state index in [9.17, 15) is 4.39 Å². The average Bonchev–Trinajstić information content (AvgIpc) is 2.17. The first kappa shape index (κ1) is 11.7. The van der Waals surface area contributed by atoms with Crippen LogP contribution in [0, 0.1) is 5.41 Å². The van der Waals surface area contributed by atoms with E-state index >= 15 is 0 Å². The number of rotatable bonds is 2. The second-order valence-electron chi connectivity index (χ2n) is 4.53. The van der Waals surface area contributed by atoms with Crippen LogP contribution in [0.25, 0.3) is 0 Å². The lowest BCUT2D eigenvalue weighted by Crippen LogP contribution is -2.21. The summed E-state index contributed by atoms with van der Waals surface area (Å²) in [5.74, 6) is 0. The van der Waals surface area contributed by atoms with E-state index in [2.05, 4.69) is 5.16 Å². The number of hydrogen-bond acceptors (Lipinski definition) is 2. The Morgan fingerprint density at radius 2 is 2.07 bits per heavy atom. The van der Waals surface area contributed by atoms with Crippen LogP contribution in [0.2, 0.25) is 0 Å². The summed E-state index contributed by atoms with van der Waals surface area (Å²) < 4.78 is 12.5. The van der Waals surface area contributed by atoms with Crippen molar-refractivity contribution in [1.82, 2.24) is 0 Å². The van der Waals surface area contributed by atoms with Gasteiger partial charge in [0.2, 0.25) is 0 Å². The van der Waals surface area contributed by atoms with Crippen LogP contribution in [0.4, 0.5) is 4.39 Å². The summed E-state index contributed by atoms with van der Waals surface area (Å²) in [5.41, 5.74) is 1.67. The molecular formula is C12H16FNO. The topological polar surface area (TPSA) is 32.6 Å².